The molecule has 0 aliphatic rings. The van der Waals surface area contributed by atoms with Crippen molar-refractivity contribution in [3.05, 3.63) is 23.8 Å². The molecule has 0 heterocycles. The second-order valence-electron chi connectivity index (χ2n) is 2.94. The lowest BCUT2D eigenvalue weighted by molar-refractivity contribution is 0.813. The number of rotatable bonds is 6. The van der Waals surface area contributed by atoms with E-state index in [1.165, 1.54) is 24.8 Å². The zero-order valence-corrected chi connectivity index (χ0v) is 8.56. The van der Waals surface area contributed by atoms with Crippen LogP contribution in [0.1, 0.15) is 33.1 Å². The molecule has 0 bridgehead atoms. The molecule has 0 rings (SSSR count). The molecule has 0 aliphatic carbocycles. The first-order valence-corrected chi connectivity index (χ1v) is 4.81. The largest absolute Gasteiger partial charge is 0.316 e. The highest BCUT2D eigenvalue weighted by Gasteiger charge is 1.86. The Kier molecular flexibility index (Phi) is 8.14. The molecule has 0 aromatic carbocycles. The monoisotopic (exact) mass is 167 g/mol. The molecule has 1 heteroatoms. The van der Waals surface area contributed by atoms with Crippen LogP contribution >= 0.6 is 0 Å². The predicted octanol–water partition coefficient (Wildman–Crippen LogP) is 2.90. The van der Waals surface area contributed by atoms with Crippen LogP contribution in [0.3, 0.4) is 0 Å². The van der Waals surface area contributed by atoms with Gasteiger partial charge in [-0.1, -0.05) is 38.0 Å². The van der Waals surface area contributed by atoms with Gasteiger partial charge in [-0.3, -0.25) is 0 Å². The van der Waals surface area contributed by atoms with Crippen molar-refractivity contribution in [2.75, 3.05) is 13.6 Å². The quantitative estimate of drug-likeness (QED) is 0.474. The second-order valence-corrected chi connectivity index (χ2v) is 2.94. The third kappa shape index (κ3) is 6.17. The van der Waals surface area contributed by atoms with E-state index in [2.05, 4.69) is 37.4 Å². The van der Waals surface area contributed by atoms with E-state index in [9.17, 15) is 0 Å². The Labute approximate surface area is 76.6 Å². The first-order chi connectivity index (χ1) is 5.85. The van der Waals surface area contributed by atoms with Crippen molar-refractivity contribution in [3.63, 3.8) is 0 Å². The van der Waals surface area contributed by atoms with Gasteiger partial charge < -0.3 is 5.32 Å². The summed E-state index contributed by atoms with van der Waals surface area (Å²) < 4.78 is 0. The maximum Gasteiger partial charge on any atom is 0.0199 e. The van der Waals surface area contributed by atoms with Gasteiger partial charge in [-0.05, 0) is 26.0 Å². The van der Waals surface area contributed by atoms with Gasteiger partial charge in [0.1, 0.15) is 0 Å². The molecular formula is C11H21N. The van der Waals surface area contributed by atoms with E-state index in [0.717, 1.165) is 6.54 Å². The molecule has 12 heavy (non-hydrogen) atoms. The topological polar surface area (TPSA) is 12.0 Å². The smallest absolute Gasteiger partial charge is 0.0199 e. The van der Waals surface area contributed by atoms with Gasteiger partial charge in [0.05, 0.1) is 0 Å². The van der Waals surface area contributed by atoms with Crippen molar-refractivity contribution >= 4 is 0 Å². The first-order valence-electron chi connectivity index (χ1n) is 4.81. The van der Waals surface area contributed by atoms with Crippen molar-refractivity contribution in [2.45, 2.75) is 33.1 Å². The summed E-state index contributed by atoms with van der Waals surface area (Å²) >= 11 is 0. The highest BCUT2D eigenvalue weighted by atomic mass is 14.8. The lowest BCUT2D eigenvalue weighted by Crippen LogP contribution is -2.08. The maximum absolute atomic E-state index is 3.14. The Bertz CT molecular complexity index is 145. The van der Waals surface area contributed by atoms with Gasteiger partial charge in [-0.2, -0.15) is 0 Å². The molecule has 0 spiro atoms. The van der Waals surface area contributed by atoms with Crippen LogP contribution in [0.5, 0.6) is 0 Å². The average molecular weight is 167 g/mol. The van der Waals surface area contributed by atoms with Crippen LogP contribution in [0.25, 0.3) is 0 Å². The molecule has 70 valence electrons. The molecule has 0 aromatic heterocycles. The fraction of sp³-hybridized carbons (Fsp3) is 0.636. The van der Waals surface area contributed by atoms with Crippen LogP contribution in [-0.2, 0) is 0 Å². The van der Waals surface area contributed by atoms with E-state index in [0.29, 0.717) is 0 Å². The average Bonchev–Trinajstić information content (AvgIpc) is 2.10. The predicted molar refractivity (Wildman–Crippen MR) is 56.3 cm³/mol. The third-order valence-corrected chi connectivity index (χ3v) is 1.81. The SMILES string of the molecule is C/C=C(\C=C/CCCC)CNC. The minimum Gasteiger partial charge on any atom is -0.316 e. The van der Waals surface area contributed by atoms with Gasteiger partial charge in [0.15, 0.2) is 0 Å². The number of nitrogens with one attached hydrogen (secondary N) is 1. The molecular weight excluding hydrogens is 146 g/mol. The first kappa shape index (κ1) is 11.4. The maximum atomic E-state index is 3.14. The van der Waals surface area contributed by atoms with Crippen LogP contribution in [0, 0.1) is 0 Å². The zero-order chi connectivity index (χ0) is 9.23. The number of unbranched alkanes of at least 4 members (excludes halogenated alkanes) is 2. The van der Waals surface area contributed by atoms with Crippen LogP contribution in [-0.4, -0.2) is 13.6 Å². The summed E-state index contributed by atoms with van der Waals surface area (Å²) in [6.07, 6.45) is 10.4. The lowest BCUT2D eigenvalue weighted by atomic mass is 10.2. The van der Waals surface area contributed by atoms with Gasteiger partial charge >= 0.3 is 0 Å². The highest BCUT2D eigenvalue weighted by molar-refractivity contribution is 5.19. The van der Waals surface area contributed by atoms with Crippen molar-refractivity contribution in [2.24, 2.45) is 0 Å². The highest BCUT2D eigenvalue weighted by Crippen LogP contribution is 1.99. The van der Waals surface area contributed by atoms with Crippen LogP contribution in [0.2, 0.25) is 0 Å². The van der Waals surface area contributed by atoms with Crippen molar-refractivity contribution in [3.8, 4) is 0 Å². The van der Waals surface area contributed by atoms with Crippen LogP contribution in [0.4, 0.5) is 0 Å². The Morgan fingerprint density at radius 2 is 2.17 bits per heavy atom. The van der Waals surface area contributed by atoms with Gasteiger partial charge in [-0.25, -0.2) is 0 Å². The van der Waals surface area contributed by atoms with Gasteiger partial charge in [0.2, 0.25) is 0 Å². The minimum atomic E-state index is 0.971. The molecule has 0 unspecified atom stereocenters. The molecule has 0 saturated heterocycles. The molecule has 1 N–H and O–H groups in total. The number of likely N-dealkylation sites (N-methyl/N-ethyl adjacent to an activating group) is 1. The number of hydrogen-bond donors (Lipinski definition) is 1. The molecule has 0 fully saturated rings. The summed E-state index contributed by atoms with van der Waals surface area (Å²) in [5.41, 5.74) is 1.37. The lowest BCUT2D eigenvalue weighted by Gasteiger charge is -1.98. The van der Waals surface area contributed by atoms with Gasteiger partial charge in [0.25, 0.3) is 0 Å². The summed E-state index contributed by atoms with van der Waals surface area (Å²) in [7, 11) is 1.98. The summed E-state index contributed by atoms with van der Waals surface area (Å²) in [5, 5.41) is 3.14. The molecule has 0 amide bonds. The fourth-order valence-corrected chi connectivity index (χ4v) is 1.02. The molecule has 1 nitrogen and oxygen atoms in total. The van der Waals surface area contributed by atoms with E-state index in [1.807, 2.05) is 7.05 Å². The summed E-state index contributed by atoms with van der Waals surface area (Å²) in [6.45, 7) is 5.27. The van der Waals surface area contributed by atoms with Gasteiger partial charge in [-0.15, -0.1) is 0 Å². The van der Waals surface area contributed by atoms with E-state index in [1.54, 1.807) is 0 Å². The van der Waals surface area contributed by atoms with E-state index in [4.69, 9.17) is 0 Å². The zero-order valence-electron chi connectivity index (χ0n) is 8.56. The Morgan fingerprint density at radius 1 is 1.42 bits per heavy atom. The number of hydrogen-bond acceptors (Lipinski definition) is 1. The Balaban J connectivity index is 3.62. The standard InChI is InChI=1S/C11H21N/c1-4-6-7-8-9-11(5-2)10-12-3/h5,8-9,12H,4,6-7,10H2,1-3H3/b9-8-,11-5+. The molecule has 0 aromatic rings. The Morgan fingerprint density at radius 3 is 2.67 bits per heavy atom. The summed E-state index contributed by atoms with van der Waals surface area (Å²) in [6, 6.07) is 0. The molecule has 0 radical (unpaired) electrons. The van der Waals surface area contributed by atoms with Gasteiger partial charge in [0, 0.05) is 6.54 Å². The number of allylic oxidation sites excluding steroid dienone is 2. The Hall–Kier alpha value is -0.560. The van der Waals surface area contributed by atoms with Crippen molar-refractivity contribution in [1.82, 2.24) is 5.32 Å². The molecule has 0 saturated carbocycles. The normalized spacial score (nSPS) is 12.8. The fourth-order valence-electron chi connectivity index (χ4n) is 1.02. The van der Waals surface area contributed by atoms with E-state index >= 15 is 0 Å². The van der Waals surface area contributed by atoms with E-state index in [-0.39, 0.29) is 0 Å². The van der Waals surface area contributed by atoms with E-state index < -0.39 is 0 Å². The van der Waals surface area contributed by atoms with Crippen molar-refractivity contribution in [1.29, 1.82) is 0 Å². The summed E-state index contributed by atoms with van der Waals surface area (Å²) in [4.78, 5) is 0. The van der Waals surface area contributed by atoms with Crippen LogP contribution in [0.15, 0.2) is 23.8 Å². The third-order valence-electron chi connectivity index (χ3n) is 1.81. The minimum absolute atomic E-state index is 0.971. The van der Waals surface area contributed by atoms with Crippen LogP contribution < -0.4 is 5.32 Å². The molecule has 0 aliphatic heterocycles. The molecule has 0 atom stereocenters. The second kappa shape index (κ2) is 8.54. The van der Waals surface area contributed by atoms with Crippen molar-refractivity contribution < 1.29 is 0 Å². The summed E-state index contributed by atoms with van der Waals surface area (Å²) in [5.74, 6) is 0.